The normalized spacial score (nSPS) is 16.8. The first-order valence-electron chi connectivity index (χ1n) is 8.96. The average molecular weight is 405 g/mol. The third-order valence-electron chi connectivity index (χ3n) is 4.93. The molecular formula is C18H18ClFN6O2. The van der Waals surface area contributed by atoms with Gasteiger partial charge in [-0.3, -0.25) is 9.59 Å². The summed E-state index contributed by atoms with van der Waals surface area (Å²) in [5.41, 5.74) is 0.842. The van der Waals surface area contributed by atoms with Crippen molar-refractivity contribution in [2.45, 2.75) is 38.8 Å². The van der Waals surface area contributed by atoms with Gasteiger partial charge in [-0.1, -0.05) is 22.9 Å². The predicted octanol–water partition coefficient (Wildman–Crippen LogP) is 1.85. The molecule has 0 unspecified atom stereocenters. The van der Waals surface area contributed by atoms with E-state index in [2.05, 4.69) is 20.3 Å². The zero-order valence-electron chi connectivity index (χ0n) is 15.2. The number of carbonyl (C=O) groups is 1. The monoisotopic (exact) mass is 404 g/mol. The summed E-state index contributed by atoms with van der Waals surface area (Å²) < 4.78 is 14.8. The summed E-state index contributed by atoms with van der Waals surface area (Å²) in [6.07, 6.45) is 1.78. The van der Waals surface area contributed by atoms with Crippen LogP contribution in [0.2, 0.25) is 5.02 Å². The number of hydrogen-bond acceptors (Lipinski definition) is 5. The van der Waals surface area contributed by atoms with Crippen molar-refractivity contribution in [3.8, 4) is 0 Å². The topological polar surface area (TPSA) is 96.8 Å². The molecule has 1 aliphatic rings. The molecule has 1 aliphatic heterocycles. The highest BCUT2D eigenvalue weighted by atomic mass is 35.5. The molecule has 0 radical (unpaired) electrons. The molecule has 10 heteroatoms. The van der Waals surface area contributed by atoms with Crippen molar-refractivity contribution in [2.24, 2.45) is 0 Å². The molecule has 1 fully saturated rings. The third-order valence-corrected chi connectivity index (χ3v) is 5.28. The van der Waals surface area contributed by atoms with Gasteiger partial charge in [0.15, 0.2) is 11.2 Å². The molecule has 3 heterocycles. The number of H-pyrrole nitrogens is 1. The maximum atomic E-state index is 13.2. The van der Waals surface area contributed by atoms with E-state index in [1.165, 1.54) is 18.2 Å². The first kappa shape index (κ1) is 18.5. The first-order valence-corrected chi connectivity index (χ1v) is 9.33. The summed E-state index contributed by atoms with van der Waals surface area (Å²) in [6.45, 7) is 2.72. The highest BCUT2D eigenvalue weighted by Gasteiger charge is 2.30. The SMILES string of the molecule is Cc1nc2c(nnn2C[C@H]2CCCN2C(=O)Cc2ccc(F)cc2Cl)c(=O)[nH]1. The molecule has 146 valence electrons. The summed E-state index contributed by atoms with van der Waals surface area (Å²) >= 11 is 6.05. The van der Waals surface area contributed by atoms with Crippen LogP contribution in [0.4, 0.5) is 4.39 Å². The molecule has 3 aromatic rings. The Balaban J connectivity index is 1.54. The lowest BCUT2D eigenvalue weighted by Crippen LogP contribution is -2.39. The molecule has 1 saturated heterocycles. The molecule has 1 atom stereocenters. The van der Waals surface area contributed by atoms with Gasteiger partial charge in [-0.15, -0.1) is 5.10 Å². The van der Waals surface area contributed by atoms with Gasteiger partial charge >= 0.3 is 0 Å². The van der Waals surface area contributed by atoms with Crippen LogP contribution in [0.1, 0.15) is 24.2 Å². The van der Waals surface area contributed by atoms with Gasteiger partial charge in [-0.25, -0.2) is 14.1 Å². The fraction of sp³-hybridized carbons (Fsp3) is 0.389. The number of rotatable bonds is 4. The molecule has 4 rings (SSSR count). The van der Waals surface area contributed by atoms with E-state index < -0.39 is 5.82 Å². The van der Waals surface area contributed by atoms with Gasteiger partial charge in [0.05, 0.1) is 19.0 Å². The van der Waals surface area contributed by atoms with Crippen molar-refractivity contribution in [1.29, 1.82) is 0 Å². The van der Waals surface area contributed by atoms with Crippen molar-refractivity contribution in [3.05, 3.63) is 50.8 Å². The lowest BCUT2D eigenvalue weighted by atomic mass is 10.1. The Kier molecular flexibility index (Phi) is 4.84. The van der Waals surface area contributed by atoms with Crippen LogP contribution in [-0.4, -0.2) is 48.4 Å². The number of hydrogen-bond donors (Lipinski definition) is 1. The Morgan fingerprint density at radius 3 is 3.04 bits per heavy atom. The number of halogens is 2. The van der Waals surface area contributed by atoms with Crippen LogP contribution in [0.3, 0.4) is 0 Å². The number of aryl methyl sites for hydroxylation is 1. The minimum absolute atomic E-state index is 0.0811. The van der Waals surface area contributed by atoms with Crippen LogP contribution >= 0.6 is 11.6 Å². The number of nitrogens with zero attached hydrogens (tertiary/aromatic N) is 5. The maximum Gasteiger partial charge on any atom is 0.281 e. The van der Waals surface area contributed by atoms with Crippen molar-refractivity contribution in [3.63, 3.8) is 0 Å². The standard InChI is InChI=1S/C18H18ClFN6O2/c1-10-21-17-16(18(28)22-10)23-24-26(17)9-13-3-2-6-25(13)15(27)7-11-4-5-12(20)8-14(11)19/h4-5,8,13H,2-3,6-7,9H2,1H3,(H,21,22,28)/t13-/m1/s1. The molecule has 1 amide bonds. The smallest absolute Gasteiger partial charge is 0.281 e. The highest BCUT2D eigenvalue weighted by molar-refractivity contribution is 6.31. The molecule has 0 aliphatic carbocycles. The molecule has 0 bridgehead atoms. The first-order chi connectivity index (χ1) is 13.4. The van der Waals surface area contributed by atoms with Crippen LogP contribution in [0.15, 0.2) is 23.0 Å². The van der Waals surface area contributed by atoms with Crippen molar-refractivity contribution in [1.82, 2.24) is 29.9 Å². The highest BCUT2D eigenvalue weighted by Crippen LogP contribution is 2.23. The van der Waals surface area contributed by atoms with Crippen LogP contribution in [-0.2, 0) is 17.8 Å². The fourth-order valence-corrected chi connectivity index (χ4v) is 3.82. The van der Waals surface area contributed by atoms with Crippen molar-refractivity contribution >= 4 is 28.7 Å². The van der Waals surface area contributed by atoms with Gasteiger partial charge < -0.3 is 9.88 Å². The number of likely N-dealkylation sites (tertiary alicyclic amines) is 1. The van der Waals surface area contributed by atoms with E-state index in [0.29, 0.717) is 30.1 Å². The van der Waals surface area contributed by atoms with Gasteiger partial charge in [0.2, 0.25) is 5.91 Å². The minimum Gasteiger partial charge on any atom is -0.338 e. The lowest BCUT2D eigenvalue weighted by Gasteiger charge is -2.25. The summed E-state index contributed by atoms with van der Waals surface area (Å²) in [7, 11) is 0. The average Bonchev–Trinajstić information content (AvgIpc) is 3.25. The number of fused-ring (bicyclic) bond motifs is 1. The van der Waals surface area contributed by atoms with E-state index in [1.807, 2.05) is 0 Å². The number of amides is 1. The molecule has 28 heavy (non-hydrogen) atoms. The summed E-state index contributed by atoms with van der Waals surface area (Å²) in [5, 5.41) is 8.20. The molecule has 1 aromatic carbocycles. The van der Waals surface area contributed by atoms with Gasteiger partial charge in [0.25, 0.3) is 5.56 Å². The molecule has 0 spiro atoms. The largest absolute Gasteiger partial charge is 0.338 e. The molecule has 0 saturated carbocycles. The summed E-state index contributed by atoms with van der Waals surface area (Å²) in [4.78, 5) is 33.5. The Bertz CT molecular complexity index is 1110. The van der Waals surface area contributed by atoms with E-state index in [0.717, 1.165) is 12.8 Å². The third kappa shape index (κ3) is 3.49. The number of aromatic amines is 1. The van der Waals surface area contributed by atoms with Crippen LogP contribution in [0.25, 0.3) is 11.2 Å². The van der Waals surface area contributed by atoms with E-state index in [9.17, 15) is 14.0 Å². The van der Waals surface area contributed by atoms with Crippen LogP contribution in [0, 0.1) is 12.7 Å². The predicted molar refractivity (Wildman–Crippen MR) is 101 cm³/mol. The second-order valence-corrected chi connectivity index (χ2v) is 7.30. The maximum absolute atomic E-state index is 13.2. The minimum atomic E-state index is -0.434. The van der Waals surface area contributed by atoms with Gasteiger partial charge in [0, 0.05) is 11.6 Å². The van der Waals surface area contributed by atoms with Crippen molar-refractivity contribution in [2.75, 3.05) is 6.54 Å². The van der Waals surface area contributed by atoms with E-state index in [4.69, 9.17) is 11.6 Å². The number of aromatic nitrogens is 5. The number of carbonyl (C=O) groups excluding carboxylic acids is 1. The quantitative estimate of drug-likeness (QED) is 0.715. The van der Waals surface area contributed by atoms with E-state index >= 15 is 0 Å². The molecular weight excluding hydrogens is 387 g/mol. The molecule has 8 nitrogen and oxygen atoms in total. The number of benzene rings is 1. The van der Waals surface area contributed by atoms with Gasteiger partial charge in [-0.2, -0.15) is 0 Å². The van der Waals surface area contributed by atoms with Crippen LogP contribution in [0.5, 0.6) is 0 Å². The van der Waals surface area contributed by atoms with Crippen LogP contribution < -0.4 is 5.56 Å². The zero-order chi connectivity index (χ0) is 19.8. The second-order valence-electron chi connectivity index (χ2n) is 6.89. The Labute approximate surface area is 164 Å². The Morgan fingerprint density at radius 1 is 1.43 bits per heavy atom. The summed E-state index contributed by atoms with van der Waals surface area (Å²) in [5.74, 6) is -0.0372. The van der Waals surface area contributed by atoms with Crippen molar-refractivity contribution < 1.29 is 9.18 Å². The van der Waals surface area contributed by atoms with E-state index in [-0.39, 0.29) is 34.5 Å². The molecule has 1 N–H and O–H groups in total. The Morgan fingerprint density at radius 2 is 2.25 bits per heavy atom. The number of nitrogens with one attached hydrogen (secondary N) is 1. The van der Waals surface area contributed by atoms with Gasteiger partial charge in [-0.05, 0) is 37.5 Å². The lowest BCUT2D eigenvalue weighted by molar-refractivity contribution is -0.131. The zero-order valence-corrected chi connectivity index (χ0v) is 15.9. The Hall–Kier alpha value is -2.81. The molecule has 2 aromatic heterocycles. The van der Waals surface area contributed by atoms with Gasteiger partial charge in [0.1, 0.15) is 11.6 Å². The second kappa shape index (κ2) is 7.31. The van der Waals surface area contributed by atoms with E-state index in [1.54, 1.807) is 16.5 Å². The fourth-order valence-electron chi connectivity index (χ4n) is 3.58. The summed E-state index contributed by atoms with van der Waals surface area (Å²) in [6, 6.07) is 3.95.